The fourth-order valence-corrected chi connectivity index (χ4v) is 6.60. The number of benzene rings is 4. The lowest BCUT2D eigenvalue weighted by Gasteiger charge is -2.15. The first-order chi connectivity index (χ1) is 21.9. The van der Waals surface area contributed by atoms with Gasteiger partial charge in [-0.2, -0.15) is 0 Å². The molecule has 4 aromatic carbocycles. The van der Waals surface area contributed by atoms with E-state index in [4.69, 9.17) is 14.5 Å². The van der Waals surface area contributed by atoms with Crippen LogP contribution in [-0.2, 0) is 22.7 Å². The predicted molar refractivity (Wildman–Crippen MR) is 169 cm³/mol. The second kappa shape index (κ2) is 10.2. The van der Waals surface area contributed by atoms with E-state index in [9.17, 15) is 19.5 Å². The number of aromatic nitrogens is 2. The first kappa shape index (κ1) is 27.0. The fraction of sp³-hybridized carbons (Fsp3) is 0.135. The van der Waals surface area contributed by atoms with Gasteiger partial charge in [-0.1, -0.05) is 60.7 Å². The summed E-state index contributed by atoms with van der Waals surface area (Å²) in [5.41, 5.74) is 5.00. The molecule has 2 aliphatic rings. The topological polar surface area (TPSA) is 108 Å². The Labute approximate surface area is 257 Å². The Morgan fingerprint density at radius 3 is 2.58 bits per heavy atom. The lowest BCUT2D eigenvalue weighted by Crippen LogP contribution is -2.25. The van der Waals surface area contributed by atoms with E-state index in [0.717, 1.165) is 21.9 Å². The van der Waals surface area contributed by atoms with Gasteiger partial charge in [0.25, 0.3) is 5.56 Å². The molecule has 220 valence electrons. The molecule has 8 heteroatoms. The quantitative estimate of drug-likeness (QED) is 0.198. The molecule has 1 unspecified atom stereocenters. The number of nitrogens with zero attached hydrogens (tertiary/aromatic N) is 2. The normalized spacial score (nSPS) is 15.2. The number of esters is 1. The summed E-state index contributed by atoms with van der Waals surface area (Å²) < 4.78 is 12.3. The molecule has 0 amide bonds. The van der Waals surface area contributed by atoms with Gasteiger partial charge in [-0.15, -0.1) is 0 Å². The lowest BCUT2D eigenvalue weighted by atomic mass is 9.89. The molecule has 1 atom stereocenters. The van der Waals surface area contributed by atoms with Crippen LogP contribution in [0.3, 0.4) is 0 Å². The van der Waals surface area contributed by atoms with Crippen molar-refractivity contribution in [3.8, 4) is 28.3 Å². The molecule has 0 aliphatic carbocycles. The van der Waals surface area contributed by atoms with E-state index in [2.05, 4.69) is 18.2 Å². The van der Waals surface area contributed by atoms with Crippen LogP contribution in [0.2, 0.25) is 0 Å². The van der Waals surface area contributed by atoms with Crippen LogP contribution in [0.15, 0.2) is 95.8 Å². The zero-order valence-corrected chi connectivity index (χ0v) is 24.2. The molecule has 45 heavy (non-hydrogen) atoms. The van der Waals surface area contributed by atoms with Crippen molar-refractivity contribution in [2.75, 3.05) is 7.11 Å². The fourth-order valence-electron chi connectivity index (χ4n) is 6.60. The molecular weight excluding hydrogens is 568 g/mol. The predicted octanol–water partition coefficient (Wildman–Crippen LogP) is 5.97. The van der Waals surface area contributed by atoms with Crippen molar-refractivity contribution in [3.05, 3.63) is 129 Å². The Kier molecular flexibility index (Phi) is 6.14. The smallest absolute Gasteiger partial charge is 0.309 e. The molecule has 0 radical (unpaired) electrons. The highest BCUT2D eigenvalue weighted by Gasteiger charge is 2.34. The van der Waals surface area contributed by atoms with Gasteiger partial charge in [-0.25, -0.2) is 4.98 Å². The average Bonchev–Trinajstić information content (AvgIpc) is 3.36. The van der Waals surface area contributed by atoms with Crippen LogP contribution in [0.1, 0.15) is 45.1 Å². The molecular formula is C37H26N2O6. The summed E-state index contributed by atoms with van der Waals surface area (Å²) in [5, 5.41) is 13.6. The number of fused-ring (bicyclic) bond motifs is 6. The van der Waals surface area contributed by atoms with Crippen LogP contribution in [0.4, 0.5) is 0 Å². The summed E-state index contributed by atoms with van der Waals surface area (Å²) in [6.07, 6.45) is -1.43. The third-order valence-corrected chi connectivity index (χ3v) is 8.84. The number of ketones is 1. The lowest BCUT2D eigenvalue weighted by molar-refractivity contribution is -0.146. The molecule has 2 aromatic heterocycles. The molecule has 0 spiro atoms. The van der Waals surface area contributed by atoms with Crippen LogP contribution >= 0.6 is 0 Å². The Bertz CT molecular complexity index is 2300. The number of ether oxygens (including phenoxy) is 2. The molecule has 0 bridgehead atoms. The zero-order chi connectivity index (χ0) is 30.8. The van der Waals surface area contributed by atoms with Gasteiger partial charge in [0.1, 0.15) is 12.4 Å². The minimum atomic E-state index is -1.18. The highest BCUT2D eigenvalue weighted by Crippen LogP contribution is 2.40. The number of hydrogen-bond donors (Lipinski definition) is 1. The van der Waals surface area contributed by atoms with Crippen LogP contribution in [0.5, 0.6) is 5.75 Å². The second-order valence-corrected chi connectivity index (χ2v) is 11.4. The Morgan fingerprint density at radius 2 is 1.73 bits per heavy atom. The molecule has 8 rings (SSSR count). The van der Waals surface area contributed by atoms with Crippen molar-refractivity contribution in [2.24, 2.45) is 0 Å². The summed E-state index contributed by atoms with van der Waals surface area (Å²) in [7, 11) is 1.57. The molecule has 2 aliphatic heterocycles. The highest BCUT2D eigenvalue weighted by atomic mass is 16.5. The number of hydrogen-bond acceptors (Lipinski definition) is 7. The van der Waals surface area contributed by atoms with Crippen molar-refractivity contribution >= 4 is 33.4 Å². The Balaban J connectivity index is 1.36. The Morgan fingerprint density at radius 1 is 0.933 bits per heavy atom. The van der Waals surface area contributed by atoms with E-state index in [-0.39, 0.29) is 36.5 Å². The van der Waals surface area contributed by atoms with Gasteiger partial charge in [0.05, 0.1) is 48.6 Å². The van der Waals surface area contributed by atoms with Crippen LogP contribution < -0.4 is 10.3 Å². The summed E-state index contributed by atoms with van der Waals surface area (Å²) in [5.74, 6) is -0.197. The molecule has 0 saturated carbocycles. The van der Waals surface area contributed by atoms with Gasteiger partial charge in [-0.3, -0.25) is 14.4 Å². The monoisotopic (exact) mass is 594 g/mol. The van der Waals surface area contributed by atoms with Crippen LogP contribution in [-0.4, -0.2) is 33.5 Å². The standard InChI is InChI=1S/C37H26N2O6/c1-44-23-12-13-30-27(15-23)34(36(42)25-9-5-4-8-24(25)22-11-10-20-6-2-3-7-21(20)14-22)28-18-39-31(35(28)38-30)16-26-29(37(39)43)19-45-33(41)17-32(26)40/h2-16,32,40H,17-19H2,1H3. The van der Waals surface area contributed by atoms with E-state index >= 15 is 0 Å². The summed E-state index contributed by atoms with van der Waals surface area (Å²) in [6, 6.07) is 28.9. The molecule has 6 aromatic rings. The number of methoxy groups -OCH3 is 1. The highest BCUT2D eigenvalue weighted by molar-refractivity contribution is 6.20. The largest absolute Gasteiger partial charge is 0.497 e. The molecule has 8 nitrogen and oxygen atoms in total. The third-order valence-electron chi connectivity index (χ3n) is 8.84. The van der Waals surface area contributed by atoms with Gasteiger partial charge >= 0.3 is 5.97 Å². The van der Waals surface area contributed by atoms with E-state index in [1.54, 1.807) is 35.9 Å². The van der Waals surface area contributed by atoms with E-state index in [1.807, 2.05) is 48.5 Å². The number of rotatable bonds is 4. The molecule has 1 N–H and O–H groups in total. The Hall–Kier alpha value is -5.60. The van der Waals surface area contributed by atoms with Crippen molar-refractivity contribution in [1.82, 2.24) is 9.55 Å². The maximum absolute atomic E-state index is 14.8. The summed E-state index contributed by atoms with van der Waals surface area (Å²) >= 11 is 0. The maximum Gasteiger partial charge on any atom is 0.309 e. The number of cyclic esters (lactones) is 1. The van der Waals surface area contributed by atoms with Gasteiger partial charge in [0, 0.05) is 22.1 Å². The molecule has 4 heterocycles. The maximum atomic E-state index is 14.8. The number of aliphatic hydroxyl groups is 1. The van der Waals surface area contributed by atoms with Crippen molar-refractivity contribution in [2.45, 2.75) is 25.7 Å². The van der Waals surface area contributed by atoms with Crippen LogP contribution in [0, 0.1) is 0 Å². The molecule has 0 saturated heterocycles. The molecule has 0 fully saturated rings. The number of aliphatic hydroxyl groups excluding tert-OH is 1. The second-order valence-electron chi connectivity index (χ2n) is 11.4. The number of pyridine rings is 2. The van der Waals surface area contributed by atoms with Crippen molar-refractivity contribution in [1.29, 1.82) is 0 Å². The minimum absolute atomic E-state index is 0.0974. The van der Waals surface area contributed by atoms with E-state index < -0.39 is 12.1 Å². The van der Waals surface area contributed by atoms with E-state index in [1.165, 1.54) is 0 Å². The van der Waals surface area contributed by atoms with Crippen molar-refractivity contribution in [3.63, 3.8) is 0 Å². The van der Waals surface area contributed by atoms with E-state index in [0.29, 0.717) is 50.3 Å². The van der Waals surface area contributed by atoms with Gasteiger partial charge < -0.3 is 19.1 Å². The van der Waals surface area contributed by atoms with Gasteiger partial charge in [-0.05, 0) is 57.8 Å². The minimum Gasteiger partial charge on any atom is -0.497 e. The first-order valence-electron chi connectivity index (χ1n) is 14.7. The summed E-state index contributed by atoms with van der Waals surface area (Å²) in [6.45, 7) is -0.127. The number of carbonyl (C=O) groups is 2. The third kappa shape index (κ3) is 4.25. The van der Waals surface area contributed by atoms with Crippen molar-refractivity contribution < 1.29 is 24.2 Å². The average molecular weight is 595 g/mol. The summed E-state index contributed by atoms with van der Waals surface area (Å²) in [4.78, 5) is 45.6. The SMILES string of the molecule is COc1ccc2nc3c(c(C(=O)c4ccccc4-c4ccc5ccccc5c4)c2c1)Cn1c-3cc2c(c1=O)COC(=O)CC2O. The first-order valence-corrected chi connectivity index (χ1v) is 14.7. The number of carbonyl (C=O) groups excluding carboxylic acids is 2. The van der Waals surface area contributed by atoms with Crippen LogP contribution in [0.25, 0.3) is 44.2 Å². The van der Waals surface area contributed by atoms with Gasteiger partial charge in [0.2, 0.25) is 0 Å². The zero-order valence-electron chi connectivity index (χ0n) is 24.2. The van der Waals surface area contributed by atoms with Gasteiger partial charge in [0.15, 0.2) is 5.78 Å².